The van der Waals surface area contributed by atoms with Gasteiger partial charge in [-0.2, -0.15) is 0 Å². The Kier molecular flexibility index (Phi) is 7.62. The van der Waals surface area contributed by atoms with E-state index < -0.39 is 10.8 Å². The van der Waals surface area contributed by atoms with Crippen molar-refractivity contribution in [2.75, 3.05) is 22.6 Å². The fourth-order valence-corrected chi connectivity index (χ4v) is 3.05. The third-order valence-corrected chi connectivity index (χ3v) is 4.52. The summed E-state index contributed by atoms with van der Waals surface area (Å²) in [6, 6.07) is 4.91. The van der Waals surface area contributed by atoms with Crippen molar-refractivity contribution in [1.29, 1.82) is 0 Å². The van der Waals surface area contributed by atoms with Crippen molar-refractivity contribution in [2.45, 2.75) is 32.6 Å². The second-order valence-corrected chi connectivity index (χ2v) is 6.70. The molecule has 3 N–H and O–H groups in total. The molecule has 20 heavy (non-hydrogen) atoms. The lowest BCUT2D eigenvalue weighted by Crippen LogP contribution is -2.16. The van der Waals surface area contributed by atoms with Gasteiger partial charge < -0.3 is 11.1 Å². The predicted octanol–water partition coefficient (Wildman–Crippen LogP) is 3.19. The Morgan fingerprint density at radius 1 is 1.35 bits per heavy atom. The van der Waals surface area contributed by atoms with Gasteiger partial charge in [0.2, 0.25) is 5.91 Å². The van der Waals surface area contributed by atoms with E-state index in [1.165, 1.54) is 0 Å². The molecule has 1 atom stereocenters. The van der Waals surface area contributed by atoms with Gasteiger partial charge in [-0.1, -0.05) is 31.4 Å². The van der Waals surface area contributed by atoms with Gasteiger partial charge in [0, 0.05) is 34.4 Å². The minimum absolute atomic E-state index is 0.180. The number of rotatable bonds is 8. The lowest BCUT2D eigenvalue weighted by atomic mass is 10.3. The summed E-state index contributed by atoms with van der Waals surface area (Å²) in [6.45, 7) is 2.10. The van der Waals surface area contributed by atoms with Crippen LogP contribution in [-0.2, 0) is 15.6 Å². The summed E-state index contributed by atoms with van der Waals surface area (Å²) in [5, 5.41) is 3.10. The van der Waals surface area contributed by atoms with Crippen molar-refractivity contribution in [3.8, 4) is 0 Å². The first-order chi connectivity index (χ1) is 9.52. The van der Waals surface area contributed by atoms with Crippen LogP contribution in [0, 0.1) is 0 Å². The minimum Gasteiger partial charge on any atom is -0.399 e. The van der Waals surface area contributed by atoms with Crippen molar-refractivity contribution in [3.05, 3.63) is 23.2 Å². The number of benzene rings is 1. The molecule has 1 rings (SSSR count). The summed E-state index contributed by atoms with van der Waals surface area (Å²) in [5.41, 5.74) is 6.65. The van der Waals surface area contributed by atoms with Crippen molar-refractivity contribution in [1.82, 2.24) is 0 Å². The van der Waals surface area contributed by atoms with Crippen molar-refractivity contribution < 1.29 is 9.00 Å². The fraction of sp³-hybridized carbons (Fsp3) is 0.500. The number of carbonyl (C=O) groups excluding carboxylic acids is 1. The molecule has 0 bridgehead atoms. The van der Waals surface area contributed by atoms with Crippen LogP contribution in [0.2, 0.25) is 5.02 Å². The van der Waals surface area contributed by atoms with Crippen LogP contribution in [0.25, 0.3) is 0 Å². The van der Waals surface area contributed by atoms with Crippen molar-refractivity contribution in [2.24, 2.45) is 0 Å². The zero-order chi connectivity index (χ0) is 15.0. The Morgan fingerprint density at radius 2 is 2.10 bits per heavy atom. The summed E-state index contributed by atoms with van der Waals surface area (Å²) in [6.07, 6.45) is 3.38. The van der Waals surface area contributed by atoms with E-state index in [0.29, 0.717) is 27.9 Å². The van der Waals surface area contributed by atoms with Gasteiger partial charge in [-0.25, -0.2) is 0 Å². The first kappa shape index (κ1) is 17.0. The number of nitrogens with two attached hydrogens (primary N) is 1. The van der Waals surface area contributed by atoms with Crippen LogP contribution in [0.15, 0.2) is 18.2 Å². The average molecular weight is 317 g/mol. The quantitative estimate of drug-likeness (QED) is 0.571. The molecule has 0 radical (unpaired) electrons. The van der Waals surface area contributed by atoms with Gasteiger partial charge >= 0.3 is 0 Å². The number of halogens is 1. The molecule has 1 aromatic carbocycles. The zero-order valence-electron chi connectivity index (χ0n) is 11.7. The van der Waals surface area contributed by atoms with E-state index in [9.17, 15) is 9.00 Å². The summed E-state index contributed by atoms with van der Waals surface area (Å²) < 4.78 is 11.7. The number of nitrogen functional groups attached to an aromatic ring is 1. The van der Waals surface area contributed by atoms with Gasteiger partial charge in [0.15, 0.2) is 0 Å². The van der Waals surface area contributed by atoms with Crippen LogP contribution in [0.3, 0.4) is 0 Å². The molecule has 112 valence electrons. The summed E-state index contributed by atoms with van der Waals surface area (Å²) in [4.78, 5) is 11.7. The number of nitrogens with one attached hydrogen (secondary N) is 1. The number of hydrogen-bond donors (Lipinski definition) is 2. The predicted molar refractivity (Wildman–Crippen MR) is 86.5 cm³/mol. The molecule has 0 aromatic heterocycles. The Balaban J connectivity index is 2.34. The molecule has 0 heterocycles. The highest BCUT2D eigenvalue weighted by atomic mass is 35.5. The van der Waals surface area contributed by atoms with Crippen LogP contribution in [-0.4, -0.2) is 21.6 Å². The Hall–Kier alpha value is -1.07. The number of amides is 1. The van der Waals surface area contributed by atoms with Gasteiger partial charge in [0.25, 0.3) is 0 Å². The van der Waals surface area contributed by atoms with E-state index in [2.05, 4.69) is 12.2 Å². The maximum absolute atomic E-state index is 11.7. The number of carbonyl (C=O) groups is 1. The van der Waals surface area contributed by atoms with E-state index in [0.717, 1.165) is 19.3 Å². The van der Waals surface area contributed by atoms with Gasteiger partial charge in [-0.3, -0.25) is 9.00 Å². The standard InChI is InChI=1S/C14H21ClN2O2S/c1-2-3-4-8-20(19)9-7-14(18)17-13-6-5-11(16)10-12(13)15/h5-6,10H,2-4,7-9,16H2,1H3,(H,17,18). The van der Waals surface area contributed by atoms with Gasteiger partial charge in [0.05, 0.1) is 10.7 Å². The molecule has 4 nitrogen and oxygen atoms in total. The SMILES string of the molecule is CCCCCS(=O)CCC(=O)Nc1ccc(N)cc1Cl. The fourth-order valence-electron chi connectivity index (χ4n) is 1.67. The second kappa shape index (κ2) is 8.97. The smallest absolute Gasteiger partial charge is 0.225 e. The molecule has 0 saturated heterocycles. The van der Waals surface area contributed by atoms with Crippen LogP contribution >= 0.6 is 11.6 Å². The lowest BCUT2D eigenvalue weighted by Gasteiger charge is -2.07. The first-order valence-electron chi connectivity index (χ1n) is 6.72. The van der Waals surface area contributed by atoms with Crippen molar-refractivity contribution >= 4 is 39.7 Å². The number of anilines is 2. The monoisotopic (exact) mass is 316 g/mol. The summed E-state index contributed by atoms with van der Waals surface area (Å²) in [7, 11) is -0.923. The highest BCUT2D eigenvalue weighted by Crippen LogP contribution is 2.24. The molecule has 0 aliphatic rings. The average Bonchev–Trinajstić information content (AvgIpc) is 2.40. The number of hydrogen-bond acceptors (Lipinski definition) is 3. The van der Waals surface area contributed by atoms with E-state index in [1.807, 2.05) is 0 Å². The zero-order valence-corrected chi connectivity index (χ0v) is 13.2. The molecule has 0 saturated carbocycles. The molecule has 0 aliphatic carbocycles. The number of unbranched alkanes of at least 4 members (excludes halogenated alkanes) is 2. The molecule has 0 aliphatic heterocycles. The molecular formula is C14H21ClN2O2S. The summed E-state index contributed by atoms with van der Waals surface area (Å²) in [5.74, 6) is 0.881. The highest BCUT2D eigenvalue weighted by molar-refractivity contribution is 7.84. The molecule has 0 fully saturated rings. The normalized spacial score (nSPS) is 12.1. The van der Waals surface area contributed by atoms with E-state index in [-0.39, 0.29) is 12.3 Å². The molecule has 1 aromatic rings. The molecular weight excluding hydrogens is 296 g/mol. The van der Waals surface area contributed by atoms with Crippen LogP contribution < -0.4 is 11.1 Å². The van der Waals surface area contributed by atoms with E-state index >= 15 is 0 Å². The molecule has 1 unspecified atom stereocenters. The van der Waals surface area contributed by atoms with E-state index in [4.69, 9.17) is 17.3 Å². The maximum Gasteiger partial charge on any atom is 0.225 e. The van der Waals surface area contributed by atoms with Crippen LogP contribution in [0.1, 0.15) is 32.6 Å². The van der Waals surface area contributed by atoms with Crippen LogP contribution in [0.4, 0.5) is 11.4 Å². The Morgan fingerprint density at radius 3 is 2.75 bits per heavy atom. The second-order valence-electron chi connectivity index (χ2n) is 4.59. The van der Waals surface area contributed by atoms with Crippen LogP contribution in [0.5, 0.6) is 0 Å². The van der Waals surface area contributed by atoms with Gasteiger partial charge in [-0.05, 0) is 24.6 Å². The minimum atomic E-state index is -0.923. The van der Waals surface area contributed by atoms with Gasteiger partial charge in [0.1, 0.15) is 0 Å². The lowest BCUT2D eigenvalue weighted by molar-refractivity contribution is -0.115. The first-order valence-corrected chi connectivity index (χ1v) is 8.59. The van der Waals surface area contributed by atoms with Crippen molar-refractivity contribution in [3.63, 3.8) is 0 Å². The molecule has 0 spiro atoms. The third kappa shape index (κ3) is 6.39. The Labute approximate surface area is 127 Å². The van der Waals surface area contributed by atoms with Gasteiger partial charge in [-0.15, -0.1) is 0 Å². The summed E-state index contributed by atoms with van der Waals surface area (Å²) >= 11 is 5.97. The highest BCUT2D eigenvalue weighted by Gasteiger charge is 2.08. The topological polar surface area (TPSA) is 72.2 Å². The largest absolute Gasteiger partial charge is 0.399 e. The molecule has 1 amide bonds. The third-order valence-electron chi connectivity index (χ3n) is 2.80. The molecule has 6 heteroatoms. The van der Waals surface area contributed by atoms with E-state index in [1.54, 1.807) is 18.2 Å². The Bertz CT molecular complexity index is 480. The maximum atomic E-state index is 11.7.